The summed E-state index contributed by atoms with van der Waals surface area (Å²) in [6.07, 6.45) is 2.34. The van der Waals surface area contributed by atoms with Crippen LogP contribution in [0.5, 0.6) is 0 Å². The number of rotatable bonds is 6. The third-order valence-electron chi connectivity index (χ3n) is 3.44. The molecular formula is C13H21N3O3S. The summed E-state index contributed by atoms with van der Waals surface area (Å²) in [6.45, 7) is 4.64. The Morgan fingerprint density at radius 1 is 1.50 bits per heavy atom. The van der Waals surface area contributed by atoms with Gasteiger partial charge in [0.2, 0.25) is 0 Å². The van der Waals surface area contributed by atoms with Gasteiger partial charge >= 0.3 is 0 Å². The van der Waals surface area contributed by atoms with Crippen LogP contribution in [0.3, 0.4) is 0 Å². The molecule has 1 unspecified atom stereocenters. The van der Waals surface area contributed by atoms with E-state index in [9.17, 15) is 8.42 Å². The topological polar surface area (TPSA) is 71.5 Å². The van der Waals surface area contributed by atoms with Crippen molar-refractivity contribution in [2.45, 2.75) is 31.0 Å². The van der Waals surface area contributed by atoms with Crippen molar-refractivity contribution in [3.8, 4) is 0 Å². The van der Waals surface area contributed by atoms with E-state index in [1.165, 1.54) is 4.31 Å². The van der Waals surface area contributed by atoms with E-state index in [0.717, 1.165) is 18.5 Å². The van der Waals surface area contributed by atoms with E-state index in [1.54, 1.807) is 25.4 Å². The summed E-state index contributed by atoms with van der Waals surface area (Å²) in [4.78, 5) is 4.09. The summed E-state index contributed by atoms with van der Waals surface area (Å²) in [5.74, 6) is 0. The molecule has 6 nitrogen and oxygen atoms in total. The van der Waals surface area contributed by atoms with Gasteiger partial charge in [0.15, 0.2) is 5.03 Å². The number of likely N-dealkylation sites (N-methyl/N-ethyl adjacent to an activating group) is 1. The summed E-state index contributed by atoms with van der Waals surface area (Å²) < 4.78 is 31.5. The smallest absolute Gasteiger partial charge is 0.260 e. The summed E-state index contributed by atoms with van der Waals surface area (Å²) in [6, 6.07) is 3.26. The molecule has 20 heavy (non-hydrogen) atoms. The highest BCUT2D eigenvalue weighted by Crippen LogP contribution is 2.19. The summed E-state index contributed by atoms with van der Waals surface area (Å²) in [5.41, 5.74) is 0.970. The molecule has 1 aliphatic heterocycles. The average Bonchev–Trinajstić information content (AvgIpc) is 2.98. The molecule has 1 saturated heterocycles. The van der Waals surface area contributed by atoms with Gasteiger partial charge in [-0.05, 0) is 24.6 Å². The molecule has 1 N–H and O–H groups in total. The Balaban J connectivity index is 2.12. The molecule has 0 spiro atoms. The molecule has 0 bridgehead atoms. The zero-order valence-electron chi connectivity index (χ0n) is 11.9. The second kappa shape index (κ2) is 6.62. The Bertz CT molecular complexity index is 524. The molecular weight excluding hydrogens is 278 g/mol. The Morgan fingerprint density at radius 2 is 2.30 bits per heavy atom. The van der Waals surface area contributed by atoms with E-state index in [-0.39, 0.29) is 11.1 Å². The highest BCUT2D eigenvalue weighted by atomic mass is 32.2. The van der Waals surface area contributed by atoms with Gasteiger partial charge in [-0.2, -0.15) is 4.31 Å². The van der Waals surface area contributed by atoms with Crippen molar-refractivity contribution < 1.29 is 13.2 Å². The summed E-state index contributed by atoms with van der Waals surface area (Å²) >= 11 is 0. The molecule has 0 radical (unpaired) electrons. The molecule has 112 valence electrons. The Hall–Kier alpha value is -1.02. The number of hydrogen-bond acceptors (Lipinski definition) is 5. The van der Waals surface area contributed by atoms with Crippen molar-refractivity contribution in [2.24, 2.45) is 0 Å². The van der Waals surface area contributed by atoms with E-state index in [2.05, 4.69) is 10.3 Å². The van der Waals surface area contributed by atoms with E-state index < -0.39 is 10.0 Å². The van der Waals surface area contributed by atoms with Crippen molar-refractivity contribution in [3.05, 3.63) is 23.9 Å². The van der Waals surface area contributed by atoms with Crippen molar-refractivity contribution in [2.75, 3.05) is 26.8 Å². The molecule has 1 aromatic heterocycles. The van der Waals surface area contributed by atoms with Crippen LogP contribution >= 0.6 is 0 Å². The van der Waals surface area contributed by atoms with Gasteiger partial charge < -0.3 is 10.1 Å². The Morgan fingerprint density at radius 3 is 2.85 bits per heavy atom. The fourth-order valence-electron chi connectivity index (χ4n) is 2.09. The molecule has 1 aliphatic rings. The lowest BCUT2D eigenvalue weighted by atomic mass is 10.3. The van der Waals surface area contributed by atoms with Crippen LogP contribution in [-0.4, -0.2) is 50.6 Å². The molecule has 0 aliphatic carbocycles. The van der Waals surface area contributed by atoms with Crippen molar-refractivity contribution in [3.63, 3.8) is 0 Å². The number of sulfonamides is 1. The fraction of sp³-hybridized carbons (Fsp3) is 0.615. The molecule has 0 aromatic carbocycles. The number of aromatic nitrogens is 1. The number of ether oxygens (including phenoxy) is 1. The predicted molar refractivity (Wildman–Crippen MR) is 75.8 cm³/mol. The van der Waals surface area contributed by atoms with Crippen molar-refractivity contribution in [1.82, 2.24) is 14.6 Å². The maximum Gasteiger partial charge on any atom is 0.260 e. The third-order valence-corrected chi connectivity index (χ3v) is 5.27. The Labute approximate surface area is 120 Å². The first-order valence-corrected chi connectivity index (χ1v) is 8.21. The number of nitrogens with one attached hydrogen (secondary N) is 1. The standard InChI is InChI=1S/C13H21N3O3S/c1-3-14-8-11-4-5-13(15-9-11)20(17,18)16(2)12-6-7-19-10-12/h4-5,9,12,14H,3,6-8,10H2,1-2H3. The van der Waals surface area contributed by atoms with Gasteiger partial charge in [0, 0.05) is 26.4 Å². The van der Waals surface area contributed by atoms with Crippen molar-refractivity contribution >= 4 is 10.0 Å². The van der Waals surface area contributed by atoms with E-state index >= 15 is 0 Å². The molecule has 2 heterocycles. The molecule has 1 atom stereocenters. The van der Waals surface area contributed by atoms with E-state index in [4.69, 9.17) is 4.74 Å². The largest absolute Gasteiger partial charge is 0.380 e. The Kier molecular flexibility index (Phi) is 5.09. The lowest BCUT2D eigenvalue weighted by Gasteiger charge is -2.22. The minimum absolute atomic E-state index is 0.0900. The third kappa shape index (κ3) is 3.35. The second-order valence-corrected chi connectivity index (χ2v) is 6.77. The zero-order valence-corrected chi connectivity index (χ0v) is 12.7. The monoisotopic (exact) mass is 299 g/mol. The molecule has 1 aromatic rings. The highest BCUT2D eigenvalue weighted by molar-refractivity contribution is 7.89. The first-order chi connectivity index (χ1) is 9.55. The number of pyridine rings is 1. The quantitative estimate of drug-likeness (QED) is 0.833. The van der Waals surface area contributed by atoms with Crippen LogP contribution in [0.2, 0.25) is 0 Å². The highest BCUT2D eigenvalue weighted by Gasteiger charge is 2.31. The van der Waals surface area contributed by atoms with E-state index in [0.29, 0.717) is 19.8 Å². The van der Waals surface area contributed by atoms with Gasteiger partial charge in [0.05, 0.1) is 12.6 Å². The normalized spacial score (nSPS) is 19.6. The van der Waals surface area contributed by atoms with Gasteiger partial charge in [-0.15, -0.1) is 0 Å². The SMILES string of the molecule is CCNCc1ccc(S(=O)(=O)N(C)C2CCOC2)nc1. The first kappa shape index (κ1) is 15.4. The molecule has 7 heteroatoms. The van der Waals surface area contributed by atoms with Crippen LogP contribution in [0, 0.1) is 0 Å². The summed E-state index contributed by atoms with van der Waals surface area (Å²) in [7, 11) is -1.95. The zero-order chi connectivity index (χ0) is 14.6. The first-order valence-electron chi connectivity index (χ1n) is 6.77. The lowest BCUT2D eigenvalue weighted by Crippen LogP contribution is -2.37. The van der Waals surface area contributed by atoms with E-state index in [1.807, 2.05) is 6.92 Å². The molecule has 2 rings (SSSR count). The van der Waals surface area contributed by atoms with Crippen molar-refractivity contribution in [1.29, 1.82) is 0 Å². The molecule has 0 saturated carbocycles. The molecule has 0 amide bonds. The van der Waals surface area contributed by atoms with Crippen LogP contribution in [-0.2, 0) is 21.3 Å². The van der Waals surface area contributed by atoms with Crippen LogP contribution in [0.4, 0.5) is 0 Å². The second-order valence-electron chi connectivity index (χ2n) is 4.82. The molecule has 1 fully saturated rings. The van der Waals surface area contributed by atoms with Crippen LogP contribution in [0.15, 0.2) is 23.4 Å². The minimum atomic E-state index is -3.54. The summed E-state index contributed by atoms with van der Waals surface area (Å²) in [5, 5.41) is 3.26. The van der Waals surface area contributed by atoms with Gasteiger partial charge in [0.25, 0.3) is 10.0 Å². The lowest BCUT2D eigenvalue weighted by molar-refractivity contribution is 0.180. The van der Waals surface area contributed by atoms with Gasteiger partial charge in [-0.1, -0.05) is 13.0 Å². The van der Waals surface area contributed by atoms with Crippen LogP contribution in [0.25, 0.3) is 0 Å². The average molecular weight is 299 g/mol. The van der Waals surface area contributed by atoms with Gasteiger partial charge in [0.1, 0.15) is 0 Å². The van der Waals surface area contributed by atoms with Crippen LogP contribution < -0.4 is 5.32 Å². The number of nitrogens with zero attached hydrogens (tertiary/aromatic N) is 2. The van der Waals surface area contributed by atoms with Gasteiger partial charge in [-0.3, -0.25) is 0 Å². The predicted octanol–water partition coefficient (Wildman–Crippen LogP) is 0.600. The minimum Gasteiger partial charge on any atom is -0.380 e. The maximum absolute atomic E-state index is 12.4. The fourth-order valence-corrected chi connectivity index (χ4v) is 3.37. The number of hydrogen-bond donors (Lipinski definition) is 1. The maximum atomic E-state index is 12.4. The van der Waals surface area contributed by atoms with Crippen LogP contribution in [0.1, 0.15) is 18.9 Å². The van der Waals surface area contributed by atoms with Gasteiger partial charge in [-0.25, -0.2) is 13.4 Å².